The number of hydrogen-bond acceptors (Lipinski definition) is 3. The molecule has 1 heterocycles. The van der Waals surface area contributed by atoms with Crippen molar-refractivity contribution >= 4 is 30.3 Å². The highest BCUT2D eigenvalue weighted by molar-refractivity contribution is 5.85. The van der Waals surface area contributed by atoms with Crippen molar-refractivity contribution in [2.75, 3.05) is 13.1 Å². The molecule has 126 valence electrons. The summed E-state index contributed by atoms with van der Waals surface area (Å²) >= 11 is 0. The Labute approximate surface area is 143 Å². The van der Waals surface area contributed by atoms with Gasteiger partial charge in [-0.2, -0.15) is 0 Å². The van der Waals surface area contributed by atoms with Gasteiger partial charge in [0, 0.05) is 19.7 Å². The maximum Gasteiger partial charge on any atom is 0.223 e. The molecule has 1 aromatic rings. The van der Waals surface area contributed by atoms with Crippen molar-refractivity contribution in [2.45, 2.75) is 26.3 Å². The maximum absolute atomic E-state index is 12.2. The normalized spacial score (nSPS) is 17.0. The smallest absolute Gasteiger partial charge is 0.223 e. The number of nitrogens with one attached hydrogen (secondary N) is 1. The van der Waals surface area contributed by atoms with E-state index in [1.165, 1.54) is 6.92 Å². The van der Waals surface area contributed by atoms with Gasteiger partial charge in [0.05, 0.1) is 12.5 Å². The topological polar surface area (TPSA) is 75.4 Å². The molecular formula is C17H24ClN3O2. The van der Waals surface area contributed by atoms with Crippen LogP contribution in [-0.2, 0) is 9.59 Å². The van der Waals surface area contributed by atoms with E-state index >= 15 is 0 Å². The van der Waals surface area contributed by atoms with E-state index in [4.69, 9.17) is 5.73 Å². The van der Waals surface area contributed by atoms with Gasteiger partial charge in [-0.3, -0.25) is 9.59 Å². The first kappa shape index (κ1) is 19.2. The molecule has 2 unspecified atom stereocenters. The molecule has 2 amide bonds. The summed E-state index contributed by atoms with van der Waals surface area (Å²) in [5.74, 6) is 0.104. The number of hydrogen-bond donors (Lipinski definition) is 2. The fourth-order valence-corrected chi connectivity index (χ4v) is 2.53. The fraction of sp³-hybridized carbons (Fsp3) is 0.412. The average Bonchev–Trinajstić information content (AvgIpc) is 2.52. The summed E-state index contributed by atoms with van der Waals surface area (Å²) in [6.45, 7) is 4.59. The minimum absolute atomic E-state index is 0. The fourth-order valence-electron chi connectivity index (χ4n) is 2.53. The summed E-state index contributed by atoms with van der Waals surface area (Å²) in [6, 6.07) is 7.58. The predicted molar refractivity (Wildman–Crippen MR) is 93.8 cm³/mol. The summed E-state index contributed by atoms with van der Waals surface area (Å²) in [6.07, 6.45) is 3.91. The average molecular weight is 338 g/mol. The van der Waals surface area contributed by atoms with Crippen LogP contribution in [-0.4, -0.2) is 29.8 Å². The molecule has 6 heteroatoms. The molecule has 0 spiro atoms. The lowest BCUT2D eigenvalue weighted by atomic mass is 9.93. The van der Waals surface area contributed by atoms with Crippen molar-refractivity contribution in [1.29, 1.82) is 0 Å². The van der Waals surface area contributed by atoms with Gasteiger partial charge < -0.3 is 16.0 Å². The summed E-state index contributed by atoms with van der Waals surface area (Å²) in [5.41, 5.74) is 7.61. The number of fused-ring (bicyclic) bond motifs is 1. The SMILES string of the molecule is CC(=O)N1C=Cc2ccccc2C1CC(=O)NCC(C)CN.Cl. The van der Waals surface area contributed by atoms with Gasteiger partial charge in [-0.1, -0.05) is 31.2 Å². The Morgan fingerprint density at radius 3 is 2.70 bits per heavy atom. The number of amides is 2. The molecule has 0 aliphatic carbocycles. The second-order valence-electron chi connectivity index (χ2n) is 5.74. The molecule has 2 rings (SSSR count). The Hall–Kier alpha value is -1.85. The summed E-state index contributed by atoms with van der Waals surface area (Å²) in [5, 5.41) is 2.89. The van der Waals surface area contributed by atoms with Crippen molar-refractivity contribution < 1.29 is 9.59 Å². The van der Waals surface area contributed by atoms with E-state index in [-0.39, 0.29) is 42.6 Å². The van der Waals surface area contributed by atoms with E-state index in [2.05, 4.69) is 5.32 Å². The molecule has 5 nitrogen and oxygen atoms in total. The van der Waals surface area contributed by atoms with Crippen LogP contribution in [0.2, 0.25) is 0 Å². The Kier molecular flexibility index (Phi) is 7.26. The zero-order valence-electron chi connectivity index (χ0n) is 13.5. The van der Waals surface area contributed by atoms with Gasteiger partial charge in [-0.05, 0) is 29.7 Å². The van der Waals surface area contributed by atoms with Gasteiger partial charge >= 0.3 is 0 Å². The number of carbonyl (C=O) groups excluding carboxylic acids is 2. The molecule has 0 aromatic heterocycles. The van der Waals surface area contributed by atoms with E-state index in [0.29, 0.717) is 13.1 Å². The highest BCUT2D eigenvalue weighted by Crippen LogP contribution is 2.32. The maximum atomic E-state index is 12.2. The summed E-state index contributed by atoms with van der Waals surface area (Å²) in [4.78, 5) is 25.7. The Bertz CT molecular complexity index is 589. The minimum Gasteiger partial charge on any atom is -0.356 e. The van der Waals surface area contributed by atoms with Crippen molar-refractivity contribution in [3.63, 3.8) is 0 Å². The molecule has 0 saturated heterocycles. The van der Waals surface area contributed by atoms with Crippen LogP contribution in [0.4, 0.5) is 0 Å². The lowest BCUT2D eigenvalue weighted by Gasteiger charge is -2.32. The molecule has 0 bridgehead atoms. The monoisotopic (exact) mass is 337 g/mol. The molecular weight excluding hydrogens is 314 g/mol. The number of rotatable bonds is 5. The molecule has 23 heavy (non-hydrogen) atoms. The first-order valence-corrected chi connectivity index (χ1v) is 7.55. The van der Waals surface area contributed by atoms with Crippen molar-refractivity contribution in [2.24, 2.45) is 11.7 Å². The van der Waals surface area contributed by atoms with Gasteiger partial charge in [-0.25, -0.2) is 0 Å². The quantitative estimate of drug-likeness (QED) is 0.863. The van der Waals surface area contributed by atoms with Crippen LogP contribution in [0.15, 0.2) is 30.5 Å². The predicted octanol–water partition coefficient (Wildman–Crippen LogP) is 2.08. The molecule has 1 aromatic carbocycles. The number of nitrogens with zero attached hydrogens (tertiary/aromatic N) is 1. The van der Waals surface area contributed by atoms with E-state index in [0.717, 1.165) is 11.1 Å². The highest BCUT2D eigenvalue weighted by Gasteiger charge is 2.28. The van der Waals surface area contributed by atoms with Crippen LogP contribution in [0, 0.1) is 5.92 Å². The van der Waals surface area contributed by atoms with Crippen LogP contribution in [0.5, 0.6) is 0 Å². The lowest BCUT2D eigenvalue weighted by molar-refractivity contribution is -0.130. The number of benzene rings is 1. The van der Waals surface area contributed by atoms with Gasteiger partial charge in [0.15, 0.2) is 0 Å². The van der Waals surface area contributed by atoms with E-state index in [1.807, 2.05) is 37.3 Å². The van der Waals surface area contributed by atoms with Gasteiger partial charge in [0.25, 0.3) is 0 Å². The van der Waals surface area contributed by atoms with Gasteiger partial charge in [0.1, 0.15) is 0 Å². The zero-order valence-corrected chi connectivity index (χ0v) is 14.3. The van der Waals surface area contributed by atoms with E-state index < -0.39 is 0 Å². The minimum atomic E-state index is -0.258. The summed E-state index contributed by atoms with van der Waals surface area (Å²) in [7, 11) is 0. The summed E-state index contributed by atoms with van der Waals surface area (Å²) < 4.78 is 0. The third-order valence-electron chi connectivity index (χ3n) is 3.90. The molecule has 1 aliphatic heterocycles. The molecule has 3 N–H and O–H groups in total. The first-order valence-electron chi connectivity index (χ1n) is 7.55. The second kappa shape index (κ2) is 8.70. The highest BCUT2D eigenvalue weighted by atomic mass is 35.5. The molecule has 2 atom stereocenters. The van der Waals surface area contributed by atoms with Crippen LogP contribution < -0.4 is 11.1 Å². The molecule has 0 radical (unpaired) electrons. The Morgan fingerprint density at radius 2 is 2.04 bits per heavy atom. The first-order chi connectivity index (χ1) is 10.5. The molecule has 0 saturated carbocycles. The van der Waals surface area contributed by atoms with Crippen molar-refractivity contribution in [1.82, 2.24) is 10.2 Å². The van der Waals surface area contributed by atoms with Gasteiger partial charge in [-0.15, -0.1) is 12.4 Å². The number of halogens is 1. The molecule has 1 aliphatic rings. The second-order valence-corrected chi connectivity index (χ2v) is 5.74. The third kappa shape index (κ3) is 4.81. The Balaban J connectivity index is 0.00000264. The van der Waals surface area contributed by atoms with Crippen LogP contribution in [0.25, 0.3) is 6.08 Å². The standard InChI is InChI=1S/C17H23N3O2.ClH/c1-12(10-18)11-19-17(22)9-16-15-6-4-3-5-14(15)7-8-20(16)13(2)21;/h3-8,12,16H,9-11,18H2,1-2H3,(H,19,22);1H. The van der Waals surface area contributed by atoms with Gasteiger partial charge in [0.2, 0.25) is 11.8 Å². The van der Waals surface area contributed by atoms with Crippen molar-refractivity contribution in [3.8, 4) is 0 Å². The largest absolute Gasteiger partial charge is 0.356 e. The Morgan fingerprint density at radius 1 is 1.35 bits per heavy atom. The van der Waals surface area contributed by atoms with Crippen LogP contribution in [0.1, 0.15) is 37.4 Å². The van der Waals surface area contributed by atoms with Crippen LogP contribution in [0.3, 0.4) is 0 Å². The lowest BCUT2D eigenvalue weighted by Crippen LogP contribution is -2.37. The number of carbonyl (C=O) groups is 2. The van der Waals surface area contributed by atoms with Crippen molar-refractivity contribution in [3.05, 3.63) is 41.6 Å². The molecule has 0 fully saturated rings. The third-order valence-corrected chi connectivity index (χ3v) is 3.90. The van der Waals surface area contributed by atoms with E-state index in [9.17, 15) is 9.59 Å². The van der Waals surface area contributed by atoms with Crippen LogP contribution >= 0.6 is 12.4 Å². The number of nitrogens with two attached hydrogens (primary N) is 1. The van der Waals surface area contributed by atoms with E-state index in [1.54, 1.807) is 11.1 Å². The zero-order chi connectivity index (χ0) is 16.1.